The minimum atomic E-state index is -3.92. The summed E-state index contributed by atoms with van der Waals surface area (Å²) in [6.07, 6.45) is 0.509. The fraction of sp³-hybridized carbons (Fsp3) is 0.389. The third-order valence-corrected chi connectivity index (χ3v) is 6.68. The van der Waals surface area contributed by atoms with E-state index in [-0.39, 0.29) is 35.9 Å². The number of carbonyl (C=O) groups is 2. The Morgan fingerprint density at radius 1 is 1.27 bits per heavy atom. The molecule has 0 unspecified atom stereocenters. The van der Waals surface area contributed by atoms with Crippen molar-refractivity contribution in [3.8, 4) is 16.2 Å². The first-order valence-corrected chi connectivity index (χ1v) is 11.4. The Bertz CT molecular complexity index is 1020. The summed E-state index contributed by atoms with van der Waals surface area (Å²) in [5, 5.41) is 11.6. The maximum atomic E-state index is 12.8. The van der Waals surface area contributed by atoms with Crippen molar-refractivity contribution in [2.45, 2.75) is 38.0 Å². The monoisotopic (exact) mass is 456 g/mol. The second kappa shape index (κ2) is 10.5. The summed E-state index contributed by atoms with van der Waals surface area (Å²) >= 11 is 1.25. The number of nitrogens with one attached hydrogen (secondary N) is 3. The quantitative estimate of drug-likeness (QED) is 0.243. The first-order chi connectivity index (χ1) is 14.2. The van der Waals surface area contributed by atoms with Crippen molar-refractivity contribution < 1.29 is 28.0 Å². The molecule has 0 atom stereocenters. The summed E-state index contributed by atoms with van der Waals surface area (Å²) in [7, 11) is -2.55. The van der Waals surface area contributed by atoms with E-state index in [9.17, 15) is 18.0 Å². The van der Waals surface area contributed by atoms with E-state index in [0.29, 0.717) is 22.8 Å². The molecule has 0 aliphatic heterocycles. The van der Waals surface area contributed by atoms with E-state index >= 15 is 0 Å². The normalized spacial score (nSPS) is 11.2. The van der Waals surface area contributed by atoms with Crippen LogP contribution in [0.4, 0.5) is 5.13 Å². The number of nitrogens with zero attached hydrogens (tertiary/aromatic N) is 1. The fourth-order valence-electron chi connectivity index (χ4n) is 2.54. The number of anilines is 1. The van der Waals surface area contributed by atoms with Gasteiger partial charge in [-0.1, -0.05) is 18.3 Å². The zero-order valence-electron chi connectivity index (χ0n) is 16.8. The van der Waals surface area contributed by atoms with E-state index in [4.69, 9.17) is 9.94 Å². The number of amides is 2. The van der Waals surface area contributed by atoms with Crippen molar-refractivity contribution in [3.63, 3.8) is 0 Å². The van der Waals surface area contributed by atoms with Crippen molar-refractivity contribution in [1.82, 2.24) is 15.2 Å². The summed E-state index contributed by atoms with van der Waals surface area (Å²) in [5.41, 5.74) is 2.76. The van der Waals surface area contributed by atoms with Gasteiger partial charge in [0.15, 0.2) is 5.13 Å². The lowest BCUT2D eigenvalue weighted by molar-refractivity contribution is -0.129. The molecule has 164 valence electrons. The third-order valence-electron chi connectivity index (χ3n) is 4.08. The molecule has 2 rings (SSSR count). The average molecular weight is 457 g/mol. The van der Waals surface area contributed by atoms with Crippen LogP contribution in [0.5, 0.6) is 5.75 Å². The van der Waals surface area contributed by atoms with Gasteiger partial charge >= 0.3 is 0 Å². The largest absolute Gasteiger partial charge is 0.495 e. The number of aromatic nitrogens is 1. The van der Waals surface area contributed by atoms with Gasteiger partial charge in [-0.15, -0.1) is 0 Å². The molecule has 0 bridgehead atoms. The number of hydroxylamine groups is 1. The van der Waals surface area contributed by atoms with Gasteiger partial charge in [0, 0.05) is 19.4 Å². The maximum Gasteiger partial charge on any atom is 0.244 e. The Morgan fingerprint density at radius 3 is 2.63 bits per heavy atom. The van der Waals surface area contributed by atoms with Gasteiger partial charge in [-0.05, 0) is 37.1 Å². The smallest absolute Gasteiger partial charge is 0.244 e. The van der Waals surface area contributed by atoms with Gasteiger partial charge in [0.1, 0.15) is 10.6 Å². The number of benzene rings is 1. The molecule has 1 aromatic heterocycles. The molecule has 12 heteroatoms. The van der Waals surface area contributed by atoms with Gasteiger partial charge < -0.3 is 10.1 Å². The second-order valence-electron chi connectivity index (χ2n) is 6.24. The molecule has 30 heavy (non-hydrogen) atoms. The molecule has 0 aliphatic carbocycles. The van der Waals surface area contributed by atoms with Gasteiger partial charge in [-0.3, -0.25) is 14.8 Å². The Kier molecular flexibility index (Phi) is 8.29. The maximum absolute atomic E-state index is 12.8. The fourth-order valence-corrected chi connectivity index (χ4v) is 4.79. The van der Waals surface area contributed by atoms with Gasteiger partial charge in [-0.2, -0.15) is 0 Å². The van der Waals surface area contributed by atoms with E-state index in [2.05, 4.69) is 15.0 Å². The highest BCUT2D eigenvalue weighted by Crippen LogP contribution is 2.36. The minimum Gasteiger partial charge on any atom is -0.495 e. The first-order valence-electron chi connectivity index (χ1n) is 9.10. The van der Waals surface area contributed by atoms with Crippen LogP contribution in [-0.2, 0) is 19.6 Å². The van der Waals surface area contributed by atoms with Crippen molar-refractivity contribution >= 4 is 38.3 Å². The molecule has 0 spiro atoms. The first kappa shape index (κ1) is 23.7. The number of rotatable bonds is 10. The number of sulfonamides is 1. The Morgan fingerprint density at radius 2 is 2.00 bits per heavy atom. The van der Waals surface area contributed by atoms with Crippen LogP contribution in [0.1, 0.15) is 31.9 Å². The topological polar surface area (TPSA) is 147 Å². The Hall–Kier alpha value is -2.54. The van der Waals surface area contributed by atoms with Crippen LogP contribution >= 0.6 is 11.3 Å². The van der Waals surface area contributed by atoms with Gasteiger partial charge in [0.05, 0.1) is 17.7 Å². The van der Waals surface area contributed by atoms with Crippen LogP contribution < -0.4 is 20.3 Å². The van der Waals surface area contributed by atoms with Gasteiger partial charge in [0.25, 0.3) is 0 Å². The summed E-state index contributed by atoms with van der Waals surface area (Å²) < 4.78 is 33.2. The van der Waals surface area contributed by atoms with Crippen LogP contribution in [0.2, 0.25) is 0 Å². The van der Waals surface area contributed by atoms with Crippen LogP contribution in [0, 0.1) is 6.92 Å². The minimum absolute atomic E-state index is 0.00984. The average Bonchev–Trinajstić information content (AvgIpc) is 3.10. The van der Waals surface area contributed by atoms with Crippen molar-refractivity contribution in [2.75, 3.05) is 19.0 Å². The number of carbonyl (C=O) groups excluding carboxylic acids is 2. The third kappa shape index (κ3) is 5.98. The van der Waals surface area contributed by atoms with Crippen LogP contribution in [-0.4, -0.2) is 44.1 Å². The molecule has 0 aliphatic rings. The summed E-state index contributed by atoms with van der Waals surface area (Å²) in [5.74, 6) is -0.589. The second-order valence-corrected chi connectivity index (χ2v) is 8.97. The summed E-state index contributed by atoms with van der Waals surface area (Å²) in [4.78, 5) is 27.6. The number of thiazole rings is 1. The van der Waals surface area contributed by atoms with Crippen molar-refractivity contribution in [2.24, 2.45) is 0 Å². The molecule has 0 fully saturated rings. The number of hydrogen-bond acceptors (Lipinski definition) is 8. The number of hydrogen-bond donors (Lipinski definition) is 4. The molecule has 2 amide bonds. The highest BCUT2D eigenvalue weighted by Gasteiger charge is 2.22. The lowest BCUT2D eigenvalue weighted by atomic mass is 10.1. The standard InChI is InChI=1S/C18H24N4O6S2/c1-4-15(23)21-18-20-11(2)17(29-18)12-7-8-13(28-3)14(10-12)30(26,27)19-9-5-6-16(24)22-25/h7-8,10,19,25H,4-6,9H2,1-3H3,(H,22,24)(H,20,21,23). The van der Waals surface area contributed by atoms with Crippen molar-refractivity contribution in [3.05, 3.63) is 23.9 Å². The van der Waals surface area contributed by atoms with Crippen LogP contribution in [0.3, 0.4) is 0 Å². The molecule has 0 radical (unpaired) electrons. The zero-order valence-corrected chi connectivity index (χ0v) is 18.4. The van der Waals surface area contributed by atoms with Crippen LogP contribution in [0.15, 0.2) is 23.1 Å². The van der Waals surface area contributed by atoms with Crippen molar-refractivity contribution in [1.29, 1.82) is 0 Å². The number of ether oxygens (including phenoxy) is 1. The molecule has 1 aromatic carbocycles. The molecule has 2 aromatic rings. The molecule has 0 saturated carbocycles. The van der Waals surface area contributed by atoms with Crippen LogP contribution in [0.25, 0.3) is 10.4 Å². The van der Waals surface area contributed by atoms with E-state index in [1.54, 1.807) is 26.0 Å². The predicted molar refractivity (Wildman–Crippen MR) is 112 cm³/mol. The molecular weight excluding hydrogens is 432 g/mol. The molecule has 10 nitrogen and oxygen atoms in total. The lowest BCUT2D eigenvalue weighted by Gasteiger charge is -2.12. The van der Waals surface area contributed by atoms with E-state index in [1.165, 1.54) is 30.0 Å². The Balaban J connectivity index is 2.29. The molecule has 4 N–H and O–H groups in total. The predicted octanol–water partition coefficient (Wildman–Crippen LogP) is 2.04. The lowest BCUT2D eigenvalue weighted by Crippen LogP contribution is -2.27. The SMILES string of the molecule is CCC(=O)Nc1nc(C)c(-c2ccc(OC)c(S(=O)(=O)NCCCC(=O)NO)c2)s1. The number of aryl methyl sites for hydroxylation is 1. The highest BCUT2D eigenvalue weighted by molar-refractivity contribution is 7.89. The molecule has 1 heterocycles. The summed E-state index contributed by atoms with van der Waals surface area (Å²) in [6.45, 7) is 3.52. The molecule has 0 saturated heterocycles. The molecular formula is C18H24N4O6S2. The van der Waals surface area contributed by atoms with E-state index < -0.39 is 15.9 Å². The van der Waals surface area contributed by atoms with Gasteiger partial charge in [-0.25, -0.2) is 23.6 Å². The summed E-state index contributed by atoms with van der Waals surface area (Å²) in [6, 6.07) is 4.75. The van der Waals surface area contributed by atoms with Gasteiger partial charge in [0.2, 0.25) is 21.8 Å². The number of methoxy groups -OCH3 is 1. The Labute approximate surface area is 178 Å². The highest BCUT2D eigenvalue weighted by atomic mass is 32.2. The van der Waals surface area contributed by atoms with E-state index in [0.717, 1.165) is 4.88 Å². The van der Waals surface area contributed by atoms with E-state index in [1.807, 2.05) is 0 Å². The zero-order chi connectivity index (χ0) is 22.3.